The van der Waals surface area contributed by atoms with Crippen LogP contribution < -0.4 is 14.4 Å². The first-order valence-corrected chi connectivity index (χ1v) is 12.8. The molecule has 0 radical (unpaired) electrons. The summed E-state index contributed by atoms with van der Waals surface area (Å²) in [6, 6.07) is 12.3. The number of sulfonamides is 1. The van der Waals surface area contributed by atoms with Gasteiger partial charge in [-0.05, 0) is 55.8 Å². The molecule has 0 saturated carbocycles. The summed E-state index contributed by atoms with van der Waals surface area (Å²) in [6.45, 7) is 3.39. The molecule has 2 atom stereocenters. The molecule has 0 bridgehead atoms. The number of sulfone groups is 1. The summed E-state index contributed by atoms with van der Waals surface area (Å²) in [5.74, 6) is 0.0838. The number of carbonyl (C=O) groups is 1. The summed E-state index contributed by atoms with van der Waals surface area (Å²) in [7, 11) is -5.19. The van der Waals surface area contributed by atoms with Crippen LogP contribution in [0.25, 0.3) is 0 Å². The van der Waals surface area contributed by atoms with E-state index in [1.54, 1.807) is 50.2 Å². The summed E-state index contributed by atoms with van der Waals surface area (Å²) >= 11 is 0. The zero-order valence-corrected chi connectivity index (χ0v) is 19.1. The minimum absolute atomic E-state index is 0.214. The average molecular weight is 455 g/mol. The fraction of sp³-hybridized carbons (Fsp3) is 0.350. The molecule has 0 spiro atoms. The van der Waals surface area contributed by atoms with Gasteiger partial charge < -0.3 is 10.1 Å². The highest BCUT2D eigenvalue weighted by Gasteiger charge is 2.19. The van der Waals surface area contributed by atoms with Crippen molar-refractivity contribution in [3.05, 3.63) is 54.1 Å². The largest absolute Gasteiger partial charge is 0.481 e. The van der Waals surface area contributed by atoms with Crippen molar-refractivity contribution in [3.63, 3.8) is 0 Å². The monoisotopic (exact) mass is 454 g/mol. The van der Waals surface area contributed by atoms with Crippen molar-refractivity contribution in [1.29, 1.82) is 0 Å². The van der Waals surface area contributed by atoms with Crippen molar-refractivity contribution in [3.8, 4) is 5.75 Å². The maximum atomic E-state index is 12.4. The van der Waals surface area contributed by atoms with Crippen LogP contribution >= 0.6 is 0 Å². The molecule has 0 heterocycles. The molecule has 30 heavy (non-hydrogen) atoms. The molecule has 0 fully saturated rings. The summed E-state index contributed by atoms with van der Waals surface area (Å²) in [4.78, 5) is 12.7. The number of nitrogens with zero attached hydrogens (tertiary/aromatic N) is 1. The van der Waals surface area contributed by atoms with Crippen LogP contribution in [0.15, 0.2) is 53.4 Å². The van der Waals surface area contributed by atoms with Gasteiger partial charge >= 0.3 is 0 Å². The van der Waals surface area contributed by atoms with E-state index in [0.29, 0.717) is 11.4 Å². The Labute approximate surface area is 177 Å². The van der Waals surface area contributed by atoms with Crippen LogP contribution in [0.2, 0.25) is 0 Å². The SMILES string of the molecule is C[C@H](Oc1ccc(N(C)S(C)(=O)=O)cc1)C(=O)N[C@@H](C)c1ccc(S(C)(=O)=O)cc1. The Morgan fingerprint density at radius 3 is 1.93 bits per heavy atom. The lowest BCUT2D eigenvalue weighted by Gasteiger charge is -2.20. The van der Waals surface area contributed by atoms with Gasteiger partial charge in [0.05, 0.1) is 22.9 Å². The zero-order chi connectivity index (χ0) is 22.7. The third kappa shape index (κ3) is 6.20. The van der Waals surface area contributed by atoms with Crippen LogP contribution in [0.5, 0.6) is 5.75 Å². The van der Waals surface area contributed by atoms with Gasteiger partial charge in [-0.2, -0.15) is 0 Å². The van der Waals surface area contributed by atoms with E-state index in [0.717, 1.165) is 22.4 Å². The quantitative estimate of drug-likeness (QED) is 0.654. The lowest BCUT2D eigenvalue weighted by atomic mass is 10.1. The number of ether oxygens (including phenoxy) is 1. The minimum atomic E-state index is -3.36. The number of nitrogens with one attached hydrogen (secondary N) is 1. The van der Waals surface area contributed by atoms with Crippen molar-refractivity contribution >= 4 is 31.5 Å². The maximum Gasteiger partial charge on any atom is 0.261 e. The van der Waals surface area contributed by atoms with Gasteiger partial charge in [-0.3, -0.25) is 9.10 Å². The number of hydrogen-bond acceptors (Lipinski definition) is 6. The Bertz CT molecular complexity index is 1090. The molecule has 8 nitrogen and oxygen atoms in total. The van der Waals surface area contributed by atoms with Gasteiger partial charge in [-0.15, -0.1) is 0 Å². The molecule has 0 aromatic heterocycles. The van der Waals surface area contributed by atoms with E-state index in [9.17, 15) is 21.6 Å². The van der Waals surface area contributed by atoms with Gasteiger partial charge in [0.25, 0.3) is 5.91 Å². The van der Waals surface area contributed by atoms with Crippen LogP contribution in [0.1, 0.15) is 25.5 Å². The number of amides is 1. The standard InChI is InChI=1S/C20H26N2O6S2/c1-14(16-6-12-19(13-7-16)29(4,24)25)21-20(23)15(2)28-18-10-8-17(9-11-18)22(3)30(5,26)27/h6-15H,1-5H3,(H,21,23)/t14-,15-/m0/s1. The van der Waals surface area contributed by atoms with Crippen LogP contribution in [-0.4, -0.2) is 48.4 Å². The Morgan fingerprint density at radius 1 is 0.933 bits per heavy atom. The van der Waals surface area contributed by atoms with E-state index in [-0.39, 0.29) is 16.8 Å². The predicted molar refractivity (Wildman–Crippen MR) is 116 cm³/mol. The van der Waals surface area contributed by atoms with Gasteiger partial charge in [0.15, 0.2) is 15.9 Å². The molecule has 0 aliphatic heterocycles. The fourth-order valence-corrected chi connectivity index (χ4v) is 3.74. The second-order valence-corrected chi connectivity index (χ2v) is 11.1. The van der Waals surface area contributed by atoms with E-state index >= 15 is 0 Å². The highest BCUT2D eigenvalue weighted by Crippen LogP contribution is 2.21. The molecule has 0 aliphatic carbocycles. The molecule has 2 rings (SSSR count). The average Bonchev–Trinajstić information content (AvgIpc) is 2.66. The van der Waals surface area contributed by atoms with Crippen molar-refractivity contribution in [1.82, 2.24) is 5.32 Å². The maximum absolute atomic E-state index is 12.4. The van der Waals surface area contributed by atoms with Crippen molar-refractivity contribution in [2.24, 2.45) is 0 Å². The highest BCUT2D eigenvalue weighted by molar-refractivity contribution is 7.92. The van der Waals surface area contributed by atoms with Gasteiger partial charge in [0.1, 0.15) is 5.75 Å². The van der Waals surface area contributed by atoms with Gasteiger partial charge in [-0.25, -0.2) is 16.8 Å². The van der Waals surface area contributed by atoms with E-state index < -0.39 is 26.0 Å². The van der Waals surface area contributed by atoms with Crippen LogP contribution in [0, 0.1) is 0 Å². The van der Waals surface area contributed by atoms with Crippen LogP contribution in [0.4, 0.5) is 5.69 Å². The molecular weight excluding hydrogens is 428 g/mol. The van der Waals surface area contributed by atoms with E-state index in [1.807, 2.05) is 0 Å². The second kappa shape index (κ2) is 9.05. The highest BCUT2D eigenvalue weighted by atomic mass is 32.2. The van der Waals surface area contributed by atoms with Gasteiger partial charge in [0, 0.05) is 13.3 Å². The molecule has 0 unspecified atom stereocenters. The predicted octanol–water partition coefficient (Wildman–Crippen LogP) is 2.13. The first-order chi connectivity index (χ1) is 13.8. The second-order valence-electron chi connectivity index (χ2n) is 7.06. The Hall–Kier alpha value is -2.59. The molecule has 2 aromatic carbocycles. The zero-order valence-electron chi connectivity index (χ0n) is 17.5. The number of carbonyl (C=O) groups excluding carboxylic acids is 1. The summed E-state index contributed by atoms with van der Waals surface area (Å²) in [5.41, 5.74) is 1.24. The third-order valence-corrected chi connectivity index (χ3v) is 6.88. The number of anilines is 1. The normalized spacial score (nSPS) is 13.9. The molecular formula is C20H26N2O6S2. The number of benzene rings is 2. The molecule has 1 N–H and O–H groups in total. The molecule has 0 saturated heterocycles. The van der Waals surface area contributed by atoms with E-state index in [2.05, 4.69) is 5.32 Å². The van der Waals surface area contributed by atoms with Crippen LogP contribution in [-0.2, 0) is 24.7 Å². The smallest absolute Gasteiger partial charge is 0.261 e. The first kappa shape index (κ1) is 23.7. The summed E-state index contributed by atoms with van der Waals surface area (Å²) in [6.07, 6.45) is 1.46. The van der Waals surface area contributed by atoms with E-state index in [1.165, 1.54) is 19.2 Å². The number of rotatable bonds is 8. The lowest BCUT2D eigenvalue weighted by molar-refractivity contribution is -0.127. The molecule has 2 aromatic rings. The molecule has 164 valence electrons. The van der Waals surface area contributed by atoms with Gasteiger partial charge in [0.2, 0.25) is 10.0 Å². The Balaban J connectivity index is 1.99. The third-order valence-electron chi connectivity index (χ3n) is 4.55. The first-order valence-electron chi connectivity index (χ1n) is 9.10. The summed E-state index contributed by atoms with van der Waals surface area (Å²) in [5, 5.41) is 2.82. The van der Waals surface area contributed by atoms with Crippen LogP contribution in [0.3, 0.4) is 0 Å². The Kier molecular flexibility index (Phi) is 7.14. The topological polar surface area (TPSA) is 110 Å². The fourth-order valence-electron chi connectivity index (χ4n) is 2.60. The summed E-state index contributed by atoms with van der Waals surface area (Å²) < 4.78 is 53.0. The lowest BCUT2D eigenvalue weighted by Crippen LogP contribution is -2.37. The minimum Gasteiger partial charge on any atom is -0.481 e. The van der Waals surface area contributed by atoms with Crippen molar-refractivity contribution in [2.45, 2.75) is 30.9 Å². The molecule has 1 amide bonds. The number of hydrogen-bond donors (Lipinski definition) is 1. The van der Waals surface area contributed by atoms with E-state index in [4.69, 9.17) is 4.74 Å². The van der Waals surface area contributed by atoms with Crippen molar-refractivity contribution < 1.29 is 26.4 Å². The Morgan fingerprint density at radius 2 is 1.47 bits per heavy atom. The molecule has 0 aliphatic rings. The van der Waals surface area contributed by atoms with Crippen molar-refractivity contribution in [2.75, 3.05) is 23.9 Å². The molecule has 10 heteroatoms. The van der Waals surface area contributed by atoms with Gasteiger partial charge in [-0.1, -0.05) is 12.1 Å².